The summed E-state index contributed by atoms with van der Waals surface area (Å²) in [6.45, 7) is 1.30. The van der Waals surface area contributed by atoms with Gasteiger partial charge in [0.2, 0.25) is 17.7 Å². The minimum absolute atomic E-state index is 0.181. The molecule has 0 rings (SSSR count). The van der Waals surface area contributed by atoms with Gasteiger partial charge in [-0.15, -0.1) is 0 Å². The number of hydrogen-bond donors (Lipinski definition) is 4. The topological polar surface area (TPSA) is 127 Å². The summed E-state index contributed by atoms with van der Waals surface area (Å²) in [5, 5.41) is 4.71. The van der Waals surface area contributed by atoms with E-state index < -0.39 is 23.8 Å². The molecule has 6 N–H and O–H groups in total. The molecule has 7 nitrogen and oxygen atoms in total. The number of carbonyl (C=O) groups is 3. The molecule has 7 heteroatoms. The third-order valence-electron chi connectivity index (χ3n) is 1.68. The lowest BCUT2D eigenvalue weighted by atomic mass is 10.2. The van der Waals surface area contributed by atoms with Gasteiger partial charge in [-0.05, 0) is 6.42 Å². The van der Waals surface area contributed by atoms with Crippen molar-refractivity contribution in [2.24, 2.45) is 11.5 Å². The molecule has 0 aromatic heterocycles. The van der Waals surface area contributed by atoms with Gasteiger partial charge in [-0.25, -0.2) is 0 Å². The number of nitrogens with one attached hydrogen (secondary N) is 2. The van der Waals surface area contributed by atoms with Crippen LogP contribution in [0.5, 0.6) is 0 Å². The van der Waals surface area contributed by atoms with Crippen molar-refractivity contribution in [3.05, 3.63) is 0 Å². The third-order valence-corrected chi connectivity index (χ3v) is 1.68. The van der Waals surface area contributed by atoms with Gasteiger partial charge in [0.05, 0.1) is 13.1 Å². The molecule has 86 valence electrons. The number of amides is 3. The fourth-order valence-corrected chi connectivity index (χ4v) is 0.904. The number of rotatable bonds is 6. The van der Waals surface area contributed by atoms with Gasteiger partial charge >= 0.3 is 0 Å². The summed E-state index contributed by atoms with van der Waals surface area (Å²) >= 11 is 0. The molecule has 1 atom stereocenters. The van der Waals surface area contributed by atoms with Crippen LogP contribution in [0.2, 0.25) is 0 Å². The van der Waals surface area contributed by atoms with E-state index in [2.05, 4.69) is 10.6 Å². The van der Waals surface area contributed by atoms with Gasteiger partial charge in [0, 0.05) is 0 Å². The SMILES string of the molecule is CCC(NC(=O)CN)C(=O)NCC(N)=O. The highest BCUT2D eigenvalue weighted by Gasteiger charge is 2.17. The second-order valence-corrected chi connectivity index (χ2v) is 2.92. The zero-order valence-electron chi connectivity index (χ0n) is 8.58. The maximum atomic E-state index is 11.4. The zero-order valence-corrected chi connectivity index (χ0v) is 8.58. The average Bonchev–Trinajstić information content (AvgIpc) is 2.21. The Labute approximate surface area is 87.6 Å². The van der Waals surface area contributed by atoms with Crippen LogP contribution in [0.15, 0.2) is 0 Å². The van der Waals surface area contributed by atoms with E-state index in [9.17, 15) is 14.4 Å². The minimum atomic E-state index is -0.680. The summed E-state index contributed by atoms with van der Waals surface area (Å²) in [5.74, 6) is -1.50. The molecule has 0 saturated carbocycles. The molecule has 0 fully saturated rings. The van der Waals surface area contributed by atoms with Crippen molar-refractivity contribution in [1.29, 1.82) is 0 Å². The van der Waals surface area contributed by atoms with Gasteiger partial charge < -0.3 is 22.1 Å². The van der Waals surface area contributed by atoms with E-state index in [1.165, 1.54) is 0 Å². The van der Waals surface area contributed by atoms with Crippen LogP contribution in [0.4, 0.5) is 0 Å². The van der Waals surface area contributed by atoms with Crippen molar-refractivity contribution >= 4 is 17.7 Å². The second-order valence-electron chi connectivity index (χ2n) is 2.92. The Morgan fingerprint density at radius 1 is 1.33 bits per heavy atom. The Balaban J connectivity index is 4.10. The molecule has 1 unspecified atom stereocenters. The summed E-state index contributed by atoms with van der Waals surface area (Å²) in [6.07, 6.45) is 0.413. The zero-order chi connectivity index (χ0) is 11.8. The first-order valence-corrected chi connectivity index (χ1v) is 4.56. The maximum absolute atomic E-state index is 11.4. The van der Waals surface area contributed by atoms with Crippen LogP contribution < -0.4 is 22.1 Å². The lowest BCUT2D eigenvalue weighted by Crippen LogP contribution is -2.49. The molecular weight excluding hydrogens is 200 g/mol. The first-order valence-electron chi connectivity index (χ1n) is 4.56. The predicted molar refractivity (Wildman–Crippen MR) is 53.5 cm³/mol. The Kier molecular flexibility index (Phi) is 6.03. The van der Waals surface area contributed by atoms with Crippen molar-refractivity contribution in [2.45, 2.75) is 19.4 Å². The van der Waals surface area contributed by atoms with Crippen LogP contribution in [0.25, 0.3) is 0 Å². The van der Waals surface area contributed by atoms with Crippen LogP contribution in [-0.4, -0.2) is 36.9 Å². The largest absolute Gasteiger partial charge is 0.368 e. The highest BCUT2D eigenvalue weighted by Crippen LogP contribution is 1.90. The summed E-state index contributed by atoms with van der Waals surface area (Å²) in [7, 11) is 0. The number of carbonyl (C=O) groups excluding carboxylic acids is 3. The van der Waals surface area contributed by atoms with Gasteiger partial charge in [-0.2, -0.15) is 0 Å². The smallest absolute Gasteiger partial charge is 0.243 e. The molecule has 3 amide bonds. The normalized spacial score (nSPS) is 11.6. The molecule has 0 aliphatic rings. The summed E-state index contributed by atoms with van der Waals surface area (Å²) in [4.78, 5) is 32.7. The van der Waals surface area contributed by atoms with Crippen LogP contribution in [0, 0.1) is 0 Å². The minimum Gasteiger partial charge on any atom is -0.368 e. The van der Waals surface area contributed by atoms with E-state index >= 15 is 0 Å². The van der Waals surface area contributed by atoms with Gasteiger partial charge in [0.1, 0.15) is 6.04 Å². The molecule has 0 aromatic rings. The first kappa shape index (κ1) is 13.4. The summed E-state index contributed by atoms with van der Waals surface area (Å²) < 4.78 is 0. The first-order chi connectivity index (χ1) is 7.01. The fraction of sp³-hybridized carbons (Fsp3) is 0.625. The van der Waals surface area contributed by atoms with Crippen LogP contribution in [-0.2, 0) is 14.4 Å². The molecule has 0 heterocycles. The average molecular weight is 216 g/mol. The highest BCUT2D eigenvalue weighted by atomic mass is 16.2. The van der Waals surface area contributed by atoms with Crippen molar-refractivity contribution in [3.8, 4) is 0 Å². The van der Waals surface area contributed by atoms with E-state index in [0.29, 0.717) is 6.42 Å². The van der Waals surface area contributed by atoms with Gasteiger partial charge in [-0.1, -0.05) is 6.92 Å². The van der Waals surface area contributed by atoms with Crippen molar-refractivity contribution < 1.29 is 14.4 Å². The van der Waals surface area contributed by atoms with Crippen molar-refractivity contribution in [1.82, 2.24) is 10.6 Å². The van der Waals surface area contributed by atoms with Crippen molar-refractivity contribution in [3.63, 3.8) is 0 Å². The number of primary amides is 1. The molecule has 15 heavy (non-hydrogen) atoms. The second kappa shape index (κ2) is 6.77. The Morgan fingerprint density at radius 2 is 1.93 bits per heavy atom. The van der Waals surface area contributed by atoms with Crippen LogP contribution in [0.3, 0.4) is 0 Å². The highest BCUT2D eigenvalue weighted by molar-refractivity contribution is 5.90. The monoisotopic (exact) mass is 216 g/mol. The predicted octanol–water partition coefficient (Wildman–Crippen LogP) is -2.56. The van der Waals surface area contributed by atoms with E-state index in [-0.39, 0.29) is 13.1 Å². The quantitative estimate of drug-likeness (QED) is 0.389. The fourth-order valence-electron chi connectivity index (χ4n) is 0.904. The van der Waals surface area contributed by atoms with E-state index in [0.717, 1.165) is 0 Å². The van der Waals surface area contributed by atoms with Gasteiger partial charge in [0.25, 0.3) is 0 Å². The maximum Gasteiger partial charge on any atom is 0.243 e. The standard InChI is InChI=1S/C8H16N4O3/c1-2-5(12-7(14)3-9)8(15)11-4-6(10)13/h5H,2-4,9H2,1H3,(H2,10,13)(H,11,15)(H,12,14). The lowest BCUT2D eigenvalue weighted by molar-refractivity contribution is -0.129. The van der Waals surface area contributed by atoms with Crippen LogP contribution in [0.1, 0.15) is 13.3 Å². The molecular formula is C8H16N4O3. The molecule has 0 saturated heterocycles. The lowest BCUT2D eigenvalue weighted by Gasteiger charge is -2.15. The number of hydrogen-bond acceptors (Lipinski definition) is 4. The van der Waals surface area contributed by atoms with Gasteiger partial charge in [-0.3, -0.25) is 14.4 Å². The van der Waals surface area contributed by atoms with Gasteiger partial charge in [0.15, 0.2) is 0 Å². The third kappa shape index (κ3) is 5.63. The van der Waals surface area contributed by atoms with Crippen LogP contribution >= 0.6 is 0 Å². The van der Waals surface area contributed by atoms with E-state index in [1.807, 2.05) is 0 Å². The molecule has 0 spiro atoms. The molecule has 0 aliphatic heterocycles. The Hall–Kier alpha value is -1.63. The summed E-state index contributed by atoms with van der Waals surface area (Å²) in [5.41, 5.74) is 9.93. The van der Waals surface area contributed by atoms with Crippen molar-refractivity contribution in [2.75, 3.05) is 13.1 Å². The Morgan fingerprint density at radius 3 is 2.33 bits per heavy atom. The molecule has 0 aromatic carbocycles. The Bertz CT molecular complexity index is 254. The molecule has 0 bridgehead atoms. The molecule has 0 radical (unpaired) electrons. The number of nitrogens with two attached hydrogens (primary N) is 2. The van der Waals surface area contributed by atoms with E-state index in [1.54, 1.807) is 6.92 Å². The summed E-state index contributed by atoms with van der Waals surface area (Å²) in [6, 6.07) is -0.680. The molecule has 0 aliphatic carbocycles. The van der Waals surface area contributed by atoms with E-state index in [4.69, 9.17) is 11.5 Å².